The molecule has 24 heavy (non-hydrogen) atoms. The molecule has 1 saturated heterocycles. The van der Waals surface area contributed by atoms with Gasteiger partial charge in [0.2, 0.25) is 5.91 Å². The maximum absolute atomic E-state index is 13.1. The van der Waals surface area contributed by atoms with Crippen LogP contribution in [0.15, 0.2) is 0 Å². The molecule has 0 bridgehead atoms. The van der Waals surface area contributed by atoms with Crippen molar-refractivity contribution in [1.29, 1.82) is 0 Å². The van der Waals surface area contributed by atoms with Crippen LogP contribution < -0.4 is 0 Å². The van der Waals surface area contributed by atoms with E-state index in [0.29, 0.717) is 18.8 Å². The minimum absolute atomic E-state index is 0.0213. The third kappa shape index (κ3) is 3.98. The number of carboxylic acids is 1. The predicted octanol–water partition coefficient (Wildman–Crippen LogP) is 3.26. The number of carbonyl (C=O) groups excluding carboxylic acids is 2. The van der Waals surface area contributed by atoms with Crippen LogP contribution in [0.3, 0.4) is 0 Å². The van der Waals surface area contributed by atoms with Crippen molar-refractivity contribution in [3.8, 4) is 0 Å². The second-order valence-electron chi connectivity index (χ2n) is 7.68. The van der Waals surface area contributed by atoms with Crippen LogP contribution in [0.1, 0.15) is 72.1 Å². The fourth-order valence-corrected chi connectivity index (χ4v) is 4.61. The number of carbonyl (C=O) groups is 3. The highest BCUT2D eigenvalue weighted by molar-refractivity contribution is 5.89. The lowest BCUT2D eigenvalue weighted by Gasteiger charge is -2.35. The van der Waals surface area contributed by atoms with Crippen molar-refractivity contribution < 1.29 is 19.5 Å². The number of rotatable bonds is 7. The van der Waals surface area contributed by atoms with E-state index < -0.39 is 11.9 Å². The molecule has 2 aliphatic rings. The quantitative estimate of drug-likeness (QED) is 0.774. The molecule has 1 saturated carbocycles. The number of nitrogens with zero attached hydrogens (tertiary/aromatic N) is 1. The molecular formula is C19H31NO4. The first kappa shape index (κ1) is 18.9. The van der Waals surface area contributed by atoms with Gasteiger partial charge < -0.3 is 10.0 Å². The van der Waals surface area contributed by atoms with Gasteiger partial charge in [-0.3, -0.25) is 14.4 Å². The van der Waals surface area contributed by atoms with E-state index in [1.54, 1.807) is 6.92 Å². The standard InChI is InChI=1S/C19H31NO4/c1-4-7-15(19(23)24)10-12(2)18(22)20-16-9-6-5-8-14(16)11-17(20)13(3)21/h12,14-17H,4-11H2,1-3H3,(H,23,24). The number of hydrogen-bond acceptors (Lipinski definition) is 3. The Morgan fingerprint density at radius 1 is 1.21 bits per heavy atom. The summed E-state index contributed by atoms with van der Waals surface area (Å²) < 4.78 is 0. The molecule has 1 N–H and O–H groups in total. The van der Waals surface area contributed by atoms with E-state index in [0.717, 1.165) is 32.1 Å². The van der Waals surface area contributed by atoms with Gasteiger partial charge in [-0.15, -0.1) is 0 Å². The minimum atomic E-state index is -0.823. The Morgan fingerprint density at radius 2 is 1.88 bits per heavy atom. The smallest absolute Gasteiger partial charge is 0.306 e. The number of carboxylic acid groups (broad SMARTS) is 1. The van der Waals surface area contributed by atoms with Gasteiger partial charge in [-0.25, -0.2) is 0 Å². The number of fused-ring (bicyclic) bond motifs is 1. The minimum Gasteiger partial charge on any atom is -0.481 e. The van der Waals surface area contributed by atoms with Crippen molar-refractivity contribution in [2.75, 3.05) is 0 Å². The molecule has 1 heterocycles. The Hall–Kier alpha value is -1.39. The molecule has 0 spiro atoms. The zero-order valence-electron chi connectivity index (χ0n) is 15.2. The first-order chi connectivity index (χ1) is 11.4. The Kier molecular flexibility index (Phi) is 6.41. The zero-order chi connectivity index (χ0) is 17.9. The number of hydrogen-bond donors (Lipinski definition) is 1. The molecule has 1 aliphatic carbocycles. The van der Waals surface area contributed by atoms with E-state index in [2.05, 4.69) is 0 Å². The van der Waals surface area contributed by atoms with Crippen molar-refractivity contribution >= 4 is 17.7 Å². The second-order valence-corrected chi connectivity index (χ2v) is 7.68. The van der Waals surface area contributed by atoms with Crippen molar-refractivity contribution in [1.82, 2.24) is 4.90 Å². The van der Waals surface area contributed by atoms with Crippen LogP contribution in [-0.2, 0) is 14.4 Å². The van der Waals surface area contributed by atoms with Gasteiger partial charge in [0.25, 0.3) is 0 Å². The maximum Gasteiger partial charge on any atom is 0.306 e. The number of likely N-dealkylation sites (tertiary alicyclic amines) is 1. The van der Waals surface area contributed by atoms with E-state index in [9.17, 15) is 19.5 Å². The van der Waals surface area contributed by atoms with Crippen LogP contribution in [-0.4, -0.2) is 39.7 Å². The van der Waals surface area contributed by atoms with E-state index in [-0.39, 0.29) is 29.7 Å². The summed E-state index contributed by atoms with van der Waals surface area (Å²) in [6.07, 6.45) is 6.90. The summed E-state index contributed by atoms with van der Waals surface area (Å²) in [7, 11) is 0. The molecular weight excluding hydrogens is 306 g/mol. The molecule has 0 aromatic rings. The van der Waals surface area contributed by atoms with E-state index in [4.69, 9.17) is 0 Å². The fourth-order valence-electron chi connectivity index (χ4n) is 4.61. The van der Waals surface area contributed by atoms with Crippen molar-refractivity contribution in [3.63, 3.8) is 0 Å². The highest BCUT2D eigenvalue weighted by Gasteiger charge is 2.47. The third-order valence-electron chi connectivity index (χ3n) is 5.86. The van der Waals surface area contributed by atoms with Crippen LogP contribution >= 0.6 is 0 Å². The number of Topliss-reactive ketones (excluding diaryl/α,β-unsaturated/α-hetero) is 1. The molecule has 2 fully saturated rings. The van der Waals surface area contributed by atoms with E-state index in [1.807, 2.05) is 18.7 Å². The van der Waals surface area contributed by atoms with Gasteiger partial charge >= 0.3 is 5.97 Å². The lowest BCUT2D eigenvalue weighted by Crippen LogP contribution is -2.48. The zero-order valence-corrected chi connectivity index (χ0v) is 15.2. The monoisotopic (exact) mass is 337 g/mol. The average molecular weight is 337 g/mol. The number of aliphatic carboxylic acids is 1. The summed E-state index contributed by atoms with van der Waals surface area (Å²) in [5.41, 5.74) is 0. The van der Waals surface area contributed by atoms with Gasteiger partial charge in [-0.1, -0.05) is 33.1 Å². The molecule has 136 valence electrons. The first-order valence-electron chi connectivity index (χ1n) is 9.42. The van der Waals surface area contributed by atoms with E-state index in [1.165, 1.54) is 6.42 Å². The van der Waals surface area contributed by atoms with Crippen LogP contribution in [0.2, 0.25) is 0 Å². The SMILES string of the molecule is CCCC(CC(C)C(=O)N1C(C(C)=O)CC2CCCCC21)C(=O)O. The summed E-state index contributed by atoms with van der Waals surface area (Å²) in [4.78, 5) is 38.4. The van der Waals surface area contributed by atoms with Gasteiger partial charge in [-0.2, -0.15) is 0 Å². The largest absolute Gasteiger partial charge is 0.481 e. The highest BCUT2D eigenvalue weighted by atomic mass is 16.4. The summed E-state index contributed by atoms with van der Waals surface area (Å²) in [5, 5.41) is 9.35. The maximum atomic E-state index is 13.1. The number of amides is 1. The van der Waals surface area contributed by atoms with Crippen LogP contribution in [0.4, 0.5) is 0 Å². The topological polar surface area (TPSA) is 74.7 Å². The molecule has 5 atom stereocenters. The van der Waals surface area contributed by atoms with Gasteiger partial charge in [-0.05, 0) is 44.9 Å². The van der Waals surface area contributed by atoms with Gasteiger partial charge in [0.1, 0.15) is 0 Å². The molecule has 0 aromatic heterocycles. The highest BCUT2D eigenvalue weighted by Crippen LogP contribution is 2.41. The number of ketones is 1. The fraction of sp³-hybridized carbons (Fsp3) is 0.842. The Balaban J connectivity index is 2.12. The predicted molar refractivity (Wildman–Crippen MR) is 91.5 cm³/mol. The average Bonchev–Trinajstić information content (AvgIpc) is 2.93. The molecule has 5 heteroatoms. The molecule has 1 aliphatic heterocycles. The lowest BCUT2D eigenvalue weighted by molar-refractivity contribution is -0.146. The Bertz CT molecular complexity index is 490. The van der Waals surface area contributed by atoms with Crippen molar-refractivity contribution in [2.24, 2.45) is 17.8 Å². The normalized spacial score (nSPS) is 29.0. The molecule has 5 unspecified atom stereocenters. The van der Waals surface area contributed by atoms with Gasteiger partial charge in [0, 0.05) is 12.0 Å². The first-order valence-corrected chi connectivity index (χ1v) is 9.42. The lowest BCUT2D eigenvalue weighted by atomic mass is 9.84. The van der Waals surface area contributed by atoms with Crippen molar-refractivity contribution in [2.45, 2.75) is 84.2 Å². The molecule has 0 aromatic carbocycles. The molecule has 0 radical (unpaired) electrons. The third-order valence-corrected chi connectivity index (χ3v) is 5.86. The second kappa shape index (κ2) is 8.13. The Labute approximate surface area is 144 Å². The molecule has 2 rings (SSSR count). The summed E-state index contributed by atoms with van der Waals surface area (Å²) in [5.74, 6) is -1.17. The van der Waals surface area contributed by atoms with E-state index >= 15 is 0 Å². The van der Waals surface area contributed by atoms with Crippen LogP contribution in [0.25, 0.3) is 0 Å². The van der Waals surface area contributed by atoms with Gasteiger partial charge in [0.15, 0.2) is 5.78 Å². The summed E-state index contributed by atoms with van der Waals surface area (Å²) in [6.45, 7) is 5.35. The van der Waals surface area contributed by atoms with Gasteiger partial charge in [0.05, 0.1) is 12.0 Å². The Morgan fingerprint density at radius 3 is 2.46 bits per heavy atom. The van der Waals surface area contributed by atoms with Crippen LogP contribution in [0, 0.1) is 17.8 Å². The van der Waals surface area contributed by atoms with Crippen molar-refractivity contribution in [3.05, 3.63) is 0 Å². The molecule has 1 amide bonds. The molecule has 5 nitrogen and oxygen atoms in total. The summed E-state index contributed by atoms with van der Waals surface area (Å²) in [6, 6.07) is -0.125. The van der Waals surface area contributed by atoms with Crippen LogP contribution in [0.5, 0.6) is 0 Å². The summed E-state index contributed by atoms with van der Waals surface area (Å²) >= 11 is 0.